The largest absolute Gasteiger partial charge is 0.496 e. The lowest BCUT2D eigenvalue weighted by Crippen LogP contribution is -2.34. The average Bonchev–Trinajstić information content (AvgIpc) is 2.86. The smallest absolute Gasteiger partial charge is 0.124 e. The zero-order valence-electron chi connectivity index (χ0n) is 14.3. The summed E-state index contributed by atoms with van der Waals surface area (Å²) in [5.74, 6) is 0.853. The average molecular weight is 346 g/mol. The van der Waals surface area contributed by atoms with Crippen LogP contribution in [0.1, 0.15) is 29.3 Å². The molecule has 0 amide bonds. The van der Waals surface area contributed by atoms with Gasteiger partial charge in [-0.1, -0.05) is 17.7 Å². The topological polar surface area (TPSA) is 37.4 Å². The lowest BCUT2D eigenvalue weighted by Gasteiger charge is -2.32. The maximum Gasteiger partial charge on any atom is 0.124 e. The Balaban J connectivity index is 2.11. The quantitative estimate of drug-likeness (QED) is 0.921. The number of pyridine rings is 1. The molecular weight excluding hydrogens is 322 g/mol. The van der Waals surface area contributed by atoms with Crippen LogP contribution in [0.25, 0.3) is 0 Å². The molecule has 1 aliphatic rings. The van der Waals surface area contributed by atoms with Crippen LogP contribution in [0.3, 0.4) is 0 Å². The minimum absolute atomic E-state index is 0.0414. The second kappa shape index (κ2) is 7.97. The van der Waals surface area contributed by atoms with Crippen LogP contribution >= 0.6 is 11.6 Å². The fraction of sp³-hybridized carbons (Fsp3) is 0.421. The Morgan fingerprint density at radius 1 is 1.25 bits per heavy atom. The third-order valence-electron chi connectivity index (χ3n) is 4.54. The molecule has 0 spiro atoms. The van der Waals surface area contributed by atoms with E-state index in [9.17, 15) is 0 Å². The first-order valence-electron chi connectivity index (χ1n) is 8.40. The van der Waals surface area contributed by atoms with Crippen molar-refractivity contribution in [3.8, 4) is 5.75 Å². The van der Waals surface area contributed by atoms with E-state index in [4.69, 9.17) is 21.3 Å². The SMILES string of the molecule is COc1ccc(Cl)cc1C(c1ncccc1C)N1CCCNCC1. The number of nitrogens with one attached hydrogen (secondary N) is 1. The van der Waals surface area contributed by atoms with E-state index >= 15 is 0 Å². The molecule has 1 saturated heterocycles. The van der Waals surface area contributed by atoms with E-state index < -0.39 is 0 Å². The molecule has 3 rings (SSSR count). The highest BCUT2D eigenvalue weighted by atomic mass is 35.5. The van der Waals surface area contributed by atoms with E-state index in [1.807, 2.05) is 30.5 Å². The van der Waals surface area contributed by atoms with E-state index in [1.165, 1.54) is 5.56 Å². The zero-order valence-corrected chi connectivity index (χ0v) is 15.0. The molecule has 128 valence electrons. The molecule has 1 atom stereocenters. The molecule has 5 heteroatoms. The molecule has 0 saturated carbocycles. The molecule has 1 aromatic heterocycles. The number of hydrogen-bond acceptors (Lipinski definition) is 4. The Morgan fingerprint density at radius 3 is 2.92 bits per heavy atom. The fourth-order valence-electron chi connectivity index (χ4n) is 3.34. The van der Waals surface area contributed by atoms with Crippen molar-refractivity contribution in [1.82, 2.24) is 15.2 Å². The summed E-state index contributed by atoms with van der Waals surface area (Å²) in [6.07, 6.45) is 2.98. The monoisotopic (exact) mass is 345 g/mol. The summed E-state index contributed by atoms with van der Waals surface area (Å²) in [6, 6.07) is 9.96. The van der Waals surface area contributed by atoms with Gasteiger partial charge in [0.05, 0.1) is 18.8 Å². The summed E-state index contributed by atoms with van der Waals surface area (Å²) >= 11 is 6.31. The molecule has 24 heavy (non-hydrogen) atoms. The van der Waals surface area contributed by atoms with Crippen molar-refractivity contribution in [3.05, 3.63) is 58.4 Å². The summed E-state index contributed by atoms with van der Waals surface area (Å²) in [5.41, 5.74) is 3.33. The Kier molecular flexibility index (Phi) is 5.72. The molecule has 0 aliphatic carbocycles. The van der Waals surface area contributed by atoms with Gasteiger partial charge in [0.25, 0.3) is 0 Å². The van der Waals surface area contributed by atoms with Crippen molar-refractivity contribution in [3.63, 3.8) is 0 Å². The van der Waals surface area contributed by atoms with Crippen molar-refractivity contribution in [2.45, 2.75) is 19.4 Å². The Labute approximate surface area is 148 Å². The highest BCUT2D eigenvalue weighted by Crippen LogP contribution is 2.36. The van der Waals surface area contributed by atoms with Crippen LogP contribution in [0.4, 0.5) is 0 Å². The number of hydrogen-bond donors (Lipinski definition) is 1. The zero-order chi connectivity index (χ0) is 16.9. The third-order valence-corrected chi connectivity index (χ3v) is 4.77. The van der Waals surface area contributed by atoms with Crippen LogP contribution in [-0.2, 0) is 0 Å². The predicted octanol–water partition coefficient (Wildman–Crippen LogP) is 3.44. The van der Waals surface area contributed by atoms with Gasteiger partial charge >= 0.3 is 0 Å². The van der Waals surface area contributed by atoms with Crippen molar-refractivity contribution in [2.75, 3.05) is 33.3 Å². The normalized spacial score (nSPS) is 17.3. The first-order valence-corrected chi connectivity index (χ1v) is 8.78. The van der Waals surface area contributed by atoms with E-state index in [2.05, 4.69) is 23.2 Å². The number of aryl methyl sites for hydroxylation is 1. The highest BCUT2D eigenvalue weighted by Gasteiger charge is 2.28. The Bertz CT molecular complexity index is 684. The Morgan fingerprint density at radius 2 is 2.12 bits per heavy atom. The van der Waals surface area contributed by atoms with Crippen LogP contribution in [0.15, 0.2) is 36.5 Å². The standard InChI is InChI=1S/C19H24ClN3O/c1-14-5-3-9-22-18(14)19(23-11-4-8-21-10-12-23)16-13-15(20)6-7-17(16)24-2/h3,5-7,9,13,19,21H,4,8,10-12H2,1-2H3. The minimum Gasteiger partial charge on any atom is -0.496 e. The van der Waals surface area contributed by atoms with E-state index in [-0.39, 0.29) is 6.04 Å². The van der Waals surface area contributed by atoms with Gasteiger partial charge in [-0.2, -0.15) is 0 Å². The summed E-state index contributed by atoms with van der Waals surface area (Å²) in [4.78, 5) is 7.18. The van der Waals surface area contributed by atoms with Crippen molar-refractivity contribution >= 4 is 11.6 Å². The Hall–Kier alpha value is -1.62. The number of halogens is 1. The molecule has 2 aromatic rings. The first kappa shape index (κ1) is 17.2. The van der Waals surface area contributed by atoms with Gasteiger partial charge in [0, 0.05) is 36.4 Å². The number of ether oxygens (including phenoxy) is 1. The number of aromatic nitrogens is 1. The molecule has 4 nitrogen and oxygen atoms in total. The van der Waals surface area contributed by atoms with Gasteiger partial charge in [-0.05, 0) is 49.7 Å². The van der Waals surface area contributed by atoms with Gasteiger partial charge in [-0.3, -0.25) is 9.88 Å². The number of benzene rings is 1. The third kappa shape index (κ3) is 3.72. The molecule has 1 aromatic carbocycles. The fourth-order valence-corrected chi connectivity index (χ4v) is 3.53. The van der Waals surface area contributed by atoms with Gasteiger partial charge in [0.1, 0.15) is 5.75 Å². The van der Waals surface area contributed by atoms with E-state index in [0.29, 0.717) is 0 Å². The predicted molar refractivity (Wildman–Crippen MR) is 97.9 cm³/mol. The van der Waals surface area contributed by atoms with E-state index in [1.54, 1.807) is 7.11 Å². The molecule has 1 N–H and O–H groups in total. The summed E-state index contributed by atoms with van der Waals surface area (Å²) in [7, 11) is 1.71. The molecular formula is C19H24ClN3O. The van der Waals surface area contributed by atoms with Crippen molar-refractivity contribution in [2.24, 2.45) is 0 Å². The molecule has 1 unspecified atom stereocenters. The van der Waals surface area contributed by atoms with Crippen LogP contribution in [-0.4, -0.2) is 43.2 Å². The lowest BCUT2D eigenvalue weighted by molar-refractivity contribution is 0.232. The first-order chi connectivity index (χ1) is 11.7. The van der Waals surface area contributed by atoms with Crippen molar-refractivity contribution in [1.29, 1.82) is 0 Å². The summed E-state index contributed by atoms with van der Waals surface area (Å²) in [6.45, 7) is 6.13. The maximum absolute atomic E-state index is 6.31. The second-order valence-electron chi connectivity index (χ2n) is 6.13. The van der Waals surface area contributed by atoms with Gasteiger partial charge in [-0.15, -0.1) is 0 Å². The van der Waals surface area contributed by atoms with Crippen molar-refractivity contribution < 1.29 is 4.74 Å². The highest BCUT2D eigenvalue weighted by molar-refractivity contribution is 6.30. The molecule has 1 fully saturated rings. The molecule has 0 bridgehead atoms. The number of nitrogens with zero attached hydrogens (tertiary/aromatic N) is 2. The van der Waals surface area contributed by atoms with Gasteiger partial charge in [0.15, 0.2) is 0 Å². The molecule has 0 radical (unpaired) electrons. The van der Waals surface area contributed by atoms with Gasteiger partial charge < -0.3 is 10.1 Å². The van der Waals surface area contributed by atoms with Crippen LogP contribution in [0.2, 0.25) is 5.02 Å². The lowest BCUT2D eigenvalue weighted by atomic mass is 9.97. The van der Waals surface area contributed by atoms with Crippen LogP contribution in [0.5, 0.6) is 5.75 Å². The number of methoxy groups -OCH3 is 1. The van der Waals surface area contributed by atoms with Crippen LogP contribution < -0.4 is 10.1 Å². The second-order valence-corrected chi connectivity index (χ2v) is 6.57. The van der Waals surface area contributed by atoms with Gasteiger partial charge in [0.2, 0.25) is 0 Å². The summed E-state index contributed by atoms with van der Waals surface area (Å²) < 4.78 is 5.64. The number of rotatable bonds is 4. The summed E-state index contributed by atoms with van der Waals surface area (Å²) in [5, 5.41) is 4.19. The van der Waals surface area contributed by atoms with Gasteiger partial charge in [-0.25, -0.2) is 0 Å². The van der Waals surface area contributed by atoms with E-state index in [0.717, 1.165) is 54.6 Å². The van der Waals surface area contributed by atoms with Crippen LogP contribution in [0, 0.1) is 6.92 Å². The molecule has 1 aliphatic heterocycles. The minimum atomic E-state index is 0.0414. The maximum atomic E-state index is 6.31. The molecule has 2 heterocycles.